The van der Waals surface area contributed by atoms with Crippen LogP contribution in [0.15, 0.2) is 18.2 Å². The largest absolute Gasteiger partial charge is 0.445 e. The van der Waals surface area contributed by atoms with Gasteiger partial charge in [0.05, 0.1) is 29.0 Å². The summed E-state index contributed by atoms with van der Waals surface area (Å²) in [4.78, 5) is 40.9. The molecule has 1 aromatic heterocycles. The normalized spacial score (nSPS) is 18.9. The van der Waals surface area contributed by atoms with Crippen molar-refractivity contribution in [2.75, 3.05) is 13.2 Å². The molecular weight excluding hydrogens is 442 g/mol. The smallest absolute Gasteiger partial charge is 0.407 e. The van der Waals surface area contributed by atoms with Crippen LogP contribution in [0.25, 0.3) is 0 Å². The Kier molecular flexibility index (Phi) is 8.25. The number of hydrogen-bond acceptors (Lipinski definition) is 8. The van der Waals surface area contributed by atoms with E-state index in [1.165, 1.54) is 17.4 Å². The Morgan fingerprint density at radius 2 is 2.13 bits per heavy atom. The molecule has 0 aromatic carbocycles. The van der Waals surface area contributed by atoms with Gasteiger partial charge in [-0.1, -0.05) is 45.2 Å². The number of β-lactam (4-membered cyclic amide) rings is 1. The maximum absolute atomic E-state index is 12.8. The number of rotatable bonds is 9. The van der Waals surface area contributed by atoms with Crippen LogP contribution in [0.1, 0.15) is 36.1 Å². The maximum atomic E-state index is 12.8. The molecule has 2 N–H and O–H groups in total. The number of thiazole rings is 1. The number of alkyl carbamates (subject to hydrolysis) is 1. The zero-order valence-corrected chi connectivity index (χ0v) is 20.6. The van der Waals surface area contributed by atoms with Gasteiger partial charge in [0.1, 0.15) is 11.5 Å². The van der Waals surface area contributed by atoms with Crippen molar-refractivity contribution in [3.8, 4) is 0 Å². The summed E-state index contributed by atoms with van der Waals surface area (Å²) in [6.07, 6.45) is 0.856. The van der Waals surface area contributed by atoms with Crippen molar-refractivity contribution in [2.45, 2.75) is 50.8 Å². The van der Waals surface area contributed by atoms with E-state index in [1.807, 2.05) is 0 Å². The summed E-state index contributed by atoms with van der Waals surface area (Å²) in [7, 11) is -1.98. The van der Waals surface area contributed by atoms with Crippen LogP contribution in [0.3, 0.4) is 0 Å². The lowest BCUT2D eigenvalue weighted by Gasteiger charge is -2.41. The van der Waals surface area contributed by atoms with Gasteiger partial charge in [0.2, 0.25) is 11.0 Å². The quantitative estimate of drug-likeness (QED) is 0.322. The Morgan fingerprint density at radius 3 is 2.73 bits per heavy atom. The summed E-state index contributed by atoms with van der Waals surface area (Å²) in [5, 5.41) is 4.84. The highest BCUT2D eigenvalue weighted by atomic mass is 32.2. The first-order valence-corrected chi connectivity index (χ1v) is 14.2. The third-order valence-electron chi connectivity index (χ3n) is 5.21. The van der Waals surface area contributed by atoms with E-state index in [0.29, 0.717) is 17.2 Å². The fourth-order valence-electron chi connectivity index (χ4n) is 2.25. The maximum Gasteiger partial charge on any atom is 0.407 e. The van der Waals surface area contributed by atoms with Gasteiger partial charge in [0.25, 0.3) is 0 Å². The van der Waals surface area contributed by atoms with Gasteiger partial charge in [-0.3, -0.25) is 9.59 Å². The minimum absolute atomic E-state index is 0.0447. The Bertz CT molecular complexity index is 806. The van der Waals surface area contributed by atoms with E-state index in [-0.39, 0.29) is 40.5 Å². The first-order chi connectivity index (χ1) is 14.0. The molecule has 11 heteroatoms. The molecule has 0 saturated carbocycles. The van der Waals surface area contributed by atoms with Gasteiger partial charge in [0.15, 0.2) is 8.32 Å². The predicted octanol–water partition coefficient (Wildman–Crippen LogP) is 3.52. The van der Waals surface area contributed by atoms with Gasteiger partial charge in [-0.05, 0) is 18.1 Å². The van der Waals surface area contributed by atoms with Crippen LogP contribution in [0.5, 0.6) is 0 Å². The number of amides is 2. The lowest BCUT2D eigenvalue weighted by molar-refractivity contribution is -0.133. The Hall–Kier alpha value is -1.69. The predicted molar refractivity (Wildman–Crippen MR) is 121 cm³/mol. The highest BCUT2D eigenvalue weighted by Gasteiger charge is 2.45. The Labute approximate surface area is 186 Å². The lowest BCUT2D eigenvalue weighted by Crippen LogP contribution is -2.59. The second-order valence-corrected chi connectivity index (χ2v) is 15.2. The number of nitrogens with zero attached hydrogens (tertiary/aromatic N) is 1. The lowest BCUT2D eigenvalue weighted by atomic mass is 10.0. The topological polar surface area (TPSA) is 107 Å². The number of carbonyl (C=O) groups is 3. The van der Waals surface area contributed by atoms with E-state index in [2.05, 4.69) is 56.1 Å². The van der Waals surface area contributed by atoms with Crippen LogP contribution in [-0.2, 0) is 20.5 Å². The van der Waals surface area contributed by atoms with Gasteiger partial charge in [-0.2, -0.15) is 0 Å². The van der Waals surface area contributed by atoms with E-state index >= 15 is 0 Å². The molecule has 30 heavy (non-hydrogen) atoms. The molecular formula is C19H29N3O5S2Si. The zero-order chi connectivity index (χ0) is 22.5. The summed E-state index contributed by atoms with van der Waals surface area (Å²) < 4.78 is 11.0. The van der Waals surface area contributed by atoms with Crippen LogP contribution >= 0.6 is 23.1 Å². The number of nitrogens with one attached hydrogen (secondary N) is 2. The van der Waals surface area contributed by atoms with E-state index in [1.54, 1.807) is 5.51 Å². The second-order valence-electron chi connectivity index (χ2n) is 8.38. The highest BCUT2D eigenvalue weighted by molar-refractivity contribution is 8.15. The van der Waals surface area contributed by atoms with Crippen LogP contribution in [0.2, 0.25) is 18.1 Å². The molecule has 2 rings (SSSR count). The van der Waals surface area contributed by atoms with Crippen LogP contribution in [0, 0.1) is 5.92 Å². The van der Waals surface area contributed by atoms with E-state index in [4.69, 9.17) is 9.16 Å². The molecule has 1 fully saturated rings. The molecule has 2 amide bonds. The minimum Gasteiger partial charge on any atom is -0.445 e. The SMILES string of the molecule is C=CCOC(=O)NCc1ncsc1C(=O)S[C@H]1NC(=O)[C@@H]1CO[Si](C)(C)C(C)(C)C. The molecule has 0 aliphatic carbocycles. The molecule has 2 heterocycles. The van der Waals surface area contributed by atoms with Crippen molar-refractivity contribution < 1.29 is 23.5 Å². The molecule has 2 atom stereocenters. The van der Waals surface area contributed by atoms with Gasteiger partial charge >= 0.3 is 6.09 Å². The minimum atomic E-state index is -1.98. The summed E-state index contributed by atoms with van der Waals surface area (Å²) in [6, 6.07) is 0. The summed E-state index contributed by atoms with van der Waals surface area (Å²) in [5.74, 6) is -0.466. The first kappa shape index (κ1) is 24.6. The average molecular weight is 472 g/mol. The monoisotopic (exact) mass is 471 g/mol. The molecule has 8 nitrogen and oxygen atoms in total. The summed E-state index contributed by atoms with van der Waals surface area (Å²) >= 11 is 2.25. The van der Waals surface area contributed by atoms with Gasteiger partial charge in [-0.15, -0.1) is 11.3 Å². The average Bonchev–Trinajstić information content (AvgIpc) is 3.11. The first-order valence-electron chi connectivity index (χ1n) is 9.55. The third-order valence-corrected chi connectivity index (χ3v) is 11.8. The zero-order valence-electron chi connectivity index (χ0n) is 17.9. The molecule has 1 aliphatic rings. The number of carbonyl (C=O) groups excluding carboxylic acids is 3. The van der Waals surface area contributed by atoms with Gasteiger partial charge < -0.3 is 19.8 Å². The van der Waals surface area contributed by atoms with Crippen molar-refractivity contribution in [1.29, 1.82) is 0 Å². The molecule has 1 saturated heterocycles. The molecule has 0 spiro atoms. The van der Waals surface area contributed by atoms with Crippen LogP contribution in [-0.4, -0.2) is 49.0 Å². The van der Waals surface area contributed by atoms with Gasteiger partial charge in [-0.25, -0.2) is 9.78 Å². The van der Waals surface area contributed by atoms with E-state index in [9.17, 15) is 14.4 Å². The number of hydrogen-bond donors (Lipinski definition) is 2. The standard InChI is InChI=1S/C19H29N3O5S2Si/c1-7-8-26-18(25)20-9-13-14(28-11-21-13)17(24)29-16-12(15(23)22-16)10-27-30(5,6)19(2,3)4/h7,11-12,16H,1,8-10H2,2-6H3,(H,20,25)(H,22,23)/t12-,16+/m0/s1. The van der Waals surface area contributed by atoms with Crippen molar-refractivity contribution in [3.63, 3.8) is 0 Å². The van der Waals surface area contributed by atoms with Crippen molar-refractivity contribution >= 4 is 48.5 Å². The molecule has 1 aromatic rings. The molecule has 0 bridgehead atoms. The fraction of sp³-hybridized carbons (Fsp3) is 0.579. The summed E-state index contributed by atoms with van der Waals surface area (Å²) in [6.45, 7) is 14.6. The Morgan fingerprint density at radius 1 is 1.43 bits per heavy atom. The van der Waals surface area contributed by atoms with E-state index in [0.717, 1.165) is 11.8 Å². The number of aromatic nitrogens is 1. The van der Waals surface area contributed by atoms with E-state index < -0.39 is 14.4 Å². The van der Waals surface area contributed by atoms with Crippen LogP contribution in [0.4, 0.5) is 4.79 Å². The molecule has 0 unspecified atom stereocenters. The number of thioether (sulfide) groups is 1. The molecule has 0 radical (unpaired) electrons. The highest BCUT2D eigenvalue weighted by Crippen LogP contribution is 2.38. The van der Waals surface area contributed by atoms with Crippen LogP contribution < -0.4 is 10.6 Å². The van der Waals surface area contributed by atoms with Crippen molar-refractivity contribution in [2.24, 2.45) is 5.92 Å². The number of ether oxygens (including phenoxy) is 1. The van der Waals surface area contributed by atoms with Gasteiger partial charge in [0, 0.05) is 6.61 Å². The van der Waals surface area contributed by atoms with Crippen molar-refractivity contribution in [3.05, 3.63) is 28.7 Å². The van der Waals surface area contributed by atoms with Crippen molar-refractivity contribution in [1.82, 2.24) is 15.6 Å². The molecule has 1 aliphatic heterocycles. The third kappa shape index (κ3) is 6.16. The molecule has 166 valence electrons. The summed E-state index contributed by atoms with van der Waals surface area (Å²) in [5.41, 5.74) is 2.02. The Balaban J connectivity index is 1.92. The fourth-order valence-corrected chi connectivity index (χ4v) is 5.21. The second kappa shape index (κ2) is 10.1.